The van der Waals surface area contributed by atoms with Gasteiger partial charge in [0, 0.05) is 6.61 Å². The van der Waals surface area contributed by atoms with E-state index in [-0.39, 0.29) is 11.8 Å². The van der Waals surface area contributed by atoms with Gasteiger partial charge in [-0.25, -0.2) is 0 Å². The summed E-state index contributed by atoms with van der Waals surface area (Å²) in [5.74, 6) is -0.561. The summed E-state index contributed by atoms with van der Waals surface area (Å²) in [6.07, 6.45) is 1.55. The number of amides is 1. The van der Waals surface area contributed by atoms with E-state index in [9.17, 15) is 4.79 Å². The van der Waals surface area contributed by atoms with Gasteiger partial charge < -0.3 is 25.4 Å². The highest BCUT2D eigenvalue weighted by molar-refractivity contribution is 5.79. The van der Waals surface area contributed by atoms with Gasteiger partial charge >= 0.3 is 0 Å². The van der Waals surface area contributed by atoms with Crippen LogP contribution in [0.5, 0.6) is 0 Å². The van der Waals surface area contributed by atoms with Crippen LogP contribution in [0.15, 0.2) is 0 Å². The standard InChI is InChI=1S/C10H19NO5/c12-5-10(6-13,7-14)11-9(15)8-2-1-3-16-4-8/h8,12-14H,1-7H2,(H,11,15). The van der Waals surface area contributed by atoms with Crippen molar-refractivity contribution in [2.24, 2.45) is 5.92 Å². The molecule has 0 aliphatic carbocycles. The fourth-order valence-electron chi connectivity index (χ4n) is 1.58. The van der Waals surface area contributed by atoms with Crippen LogP contribution in [0.25, 0.3) is 0 Å². The van der Waals surface area contributed by atoms with Crippen LogP contribution in [0.2, 0.25) is 0 Å². The minimum atomic E-state index is -1.34. The van der Waals surface area contributed by atoms with Gasteiger partial charge in [0.05, 0.1) is 32.3 Å². The SMILES string of the molecule is O=C(NC(CO)(CO)CO)C1CCCOC1. The van der Waals surface area contributed by atoms with Crippen molar-refractivity contribution < 1.29 is 24.9 Å². The number of carbonyl (C=O) groups is 1. The third kappa shape index (κ3) is 3.15. The van der Waals surface area contributed by atoms with E-state index in [0.717, 1.165) is 12.8 Å². The first-order valence-electron chi connectivity index (χ1n) is 5.40. The molecular weight excluding hydrogens is 214 g/mol. The molecule has 0 spiro atoms. The van der Waals surface area contributed by atoms with Crippen molar-refractivity contribution in [3.63, 3.8) is 0 Å². The van der Waals surface area contributed by atoms with Gasteiger partial charge in [-0.1, -0.05) is 0 Å². The molecule has 16 heavy (non-hydrogen) atoms. The Labute approximate surface area is 94.2 Å². The summed E-state index contributed by atoms with van der Waals surface area (Å²) in [5.41, 5.74) is -1.34. The van der Waals surface area contributed by atoms with Crippen molar-refractivity contribution in [3.05, 3.63) is 0 Å². The summed E-state index contributed by atoms with van der Waals surface area (Å²) >= 11 is 0. The van der Waals surface area contributed by atoms with Gasteiger partial charge in [-0.15, -0.1) is 0 Å². The highest BCUT2D eigenvalue weighted by Crippen LogP contribution is 2.15. The molecule has 94 valence electrons. The first-order valence-corrected chi connectivity index (χ1v) is 5.40. The molecule has 0 aromatic rings. The summed E-state index contributed by atoms with van der Waals surface area (Å²) in [4.78, 5) is 11.8. The fourth-order valence-corrected chi connectivity index (χ4v) is 1.58. The van der Waals surface area contributed by atoms with Gasteiger partial charge in [-0.2, -0.15) is 0 Å². The predicted octanol–water partition coefficient (Wildman–Crippen LogP) is -1.76. The zero-order chi connectivity index (χ0) is 12.0. The Bertz CT molecular complexity index is 215. The van der Waals surface area contributed by atoms with Crippen molar-refractivity contribution in [3.8, 4) is 0 Å². The van der Waals surface area contributed by atoms with E-state index in [4.69, 9.17) is 20.1 Å². The Kier molecular flexibility index (Phi) is 5.14. The molecule has 1 heterocycles. The lowest BCUT2D eigenvalue weighted by molar-refractivity contribution is -0.133. The smallest absolute Gasteiger partial charge is 0.226 e. The Hall–Kier alpha value is -0.690. The summed E-state index contributed by atoms with van der Waals surface area (Å²) < 4.78 is 5.17. The maximum absolute atomic E-state index is 11.8. The highest BCUT2D eigenvalue weighted by atomic mass is 16.5. The number of hydrogen-bond acceptors (Lipinski definition) is 5. The molecule has 0 aromatic carbocycles. The van der Waals surface area contributed by atoms with Crippen molar-refractivity contribution in [2.45, 2.75) is 18.4 Å². The van der Waals surface area contributed by atoms with Gasteiger partial charge in [-0.3, -0.25) is 4.79 Å². The minimum Gasteiger partial charge on any atom is -0.394 e. The molecule has 1 atom stereocenters. The van der Waals surface area contributed by atoms with E-state index in [1.165, 1.54) is 0 Å². The Morgan fingerprint density at radius 3 is 2.38 bits per heavy atom. The molecule has 1 aliphatic heterocycles. The molecule has 1 amide bonds. The van der Waals surface area contributed by atoms with E-state index < -0.39 is 25.4 Å². The van der Waals surface area contributed by atoms with Crippen molar-refractivity contribution >= 4 is 5.91 Å². The molecule has 1 unspecified atom stereocenters. The molecule has 0 radical (unpaired) electrons. The van der Waals surface area contributed by atoms with Gasteiger partial charge in [0.2, 0.25) is 5.91 Å². The second kappa shape index (κ2) is 6.15. The molecule has 4 N–H and O–H groups in total. The lowest BCUT2D eigenvalue weighted by Crippen LogP contribution is -2.58. The summed E-state index contributed by atoms with van der Waals surface area (Å²) in [6.45, 7) is -0.489. The van der Waals surface area contributed by atoms with Crippen LogP contribution in [-0.4, -0.2) is 59.8 Å². The second-order valence-corrected chi connectivity index (χ2v) is 4.16. The van der Waals surface area contributed by atoms with Crippen LogP contribution in [0, 0.1) is 5.92 Å². The van der Waals surface area contributed by atoms with Crippen LogP contribution >= 0.6 is 0 Å². The normalized spacial score (nSPS) is 21.8. The number of aliphatic hydroxyl groups excluding tert-OH is 3. The van der Waals surface area contributed by atoms with Gasteiger partial charge in [0.15, 0.2) is 0 Å². The molecule has 1 fully saturated rings. The Balaban J connectivity index is 2.53. The summed E-state index contributed by atoms with van der Waals surface area (Å²) in [7, 11) is 0. The van der Waals surface area contributed by atoms with Crippen LogP contribution in [0.3, 0.4) is 0 Å². The maximum atomic E-state index is 11.8. The number of aliphatic hydroxyl groups is 3. The number of hydrogen-bond donors (Lipinski definition) is 4. The fraction of sp³-hybridized carbons (Fsp3) is 0.900. The topological polar surface area (TPSA) is 99.0 Å². The summed E-state index contributed by atoms with van der Waals surface area (Å²) in [5, 5.41) is 29.7. The highest BCUT2D eigenvalue weighted by Gasteiger charge is 2.33. The third-order valence-electron chi connectivity index (χ3n) is 2.83. The van der Waals surface area contributed by atoms with Gasteiger partial charge in [0.25, 0.3) is 0 Å². The Morgan fingerprint density at radius 2 is 1.94 bits per heavy atom. The van der Waals surface area contributed by atoms with Crippen molar-refractivity contribution in [1.29, 1.82) is 0 Å². The maximum Gasteiger partial charge on any atom is 0.226 e. The average Bonchev–Trinajstić information content (AvgIpc) is 2.37. The lowest BCUT2D eigenvalue weighted by atomic mass is 9.97. The number of carbonyl (C=O) groups excluding carboxylic acids is 1. The largest absolute Gasteiger partial charge is 0.394 e. The van der Waals surface area contributed by atoms with E-state index in [0.29, 0.717) is 13.2 Å². The predicted molar refractivity (Wildman–Crippen MR) is 55.7 cm³/mol. The zero-order valence-corrected chi connectivity index (χ0v) is 9.19. The van der Waals surface area contributed by atoms with E-state index in [1.54, 1.807) is 0 Å². The number of rotatable bonds is 5. The molecule has 0 aromatic heterocycles. The molecule has 0 bridgehead atoms. The molecule has 6 nitrogen and oxygen atoms in total. The van der Waals surface area contributed by atoms with Crippen molar-refractivity contribution in [1.82, 2.24) is 5.32 Å². The number of nitrogens with one attached hydrogen (secondary N) is 1. The first kappa shape index (κ1) is 13.4. The van der Waals surface area contributed by atoms with Crippen LogP contribution in [0.1, 0.15) is 12.8 Å². The molecule has 1 saturated heterocycles. The van der Waals surface area contributed by atoms with Crippen LogP contribution in [-0.2, 0) is 9.53 Å². The first-order chi connectivity index (χ1) is 7.67. The van der Waals surface area contributed by atoms with Crippen LogP contribution in [0.4, 0.5) is 0 Å². The monoisotopic (exact) mass is 233 g/mol. The van der Waals surface area contributed by atoms with E-state index >= 15 is 0 Å². The lowest BCUT2D eigenvalue weighted by Gasteiger charge is -2.31. The molecule has 1 rings (SSSR count). The van der Waals surface area contributed by atoms with E-state index in [2.05, 4.69) is 5.32 Å². The quantitative estimate of drug-likeness (QED) is 0.451. The minimum absolute atomic E-state index is 0.266. The van der Waals surface area contributed by atoms with E-state index in [1.807, 2.05) is 0 Å². The second-order valence-electron chi connectivity index (χ2n) is 4.16. The van der Waals surface area contributed by atoms with Crippen molar-refractivity contribution in [2.75, 3.05) is 33.0 Å². The van der Waals surface area contributed by atoms with Gasteiger partial charge in [-0.05, 0) is 12.8 Å². The molecule has 1 aliphatic rings. The third-order valence-corrected chi connectivity index (χ3v) is 2.83. The molecule has 6 heteroatoms. The number of ether oxygens (including phenoxy) is 1. The Morgan fingerprint density at radius 1 is 1.31 bits per heavy atom. The van der Waals surface area contributed by atoms with Crippen LogP contribution < -0.4 is 5.32 Å². The molecule has 0 saturated carbocycles. The van der Waals surface area contributed by atoms with Gasteiger partial charge in [0.1, 0.15) is 5.54 Å². The molecular formula is C10H19NO5. The zero-order valence-electron chi connectivity index (χ0n) is 9.19. The average molecular weight is 233 g/mol. The summed E-state index contributed by atoms with van der Waals surface area (Å²) in [6, 6.07) is 0.